The van der Waals surface area contributed by atoms with Crippen LogP contribution in [-0.4, -0.2) is 19.8 Å². The molecule has 0 spiro atoms. The van der Waals surface area contributed by atoms with E-state index in [1.165, 1.54) is 7.05 Å². The Morgan fingerprint density at radius 2 is 1.93 bits per heavy atom. The summed E-state index contributed by atoms with van der Waals surface area (Å²) in [4.78, 5) is 0. The van der Waals surface area contributed by atoms with Gasteiger partial charge in [-0.3, -0.25) is 0 Å². The van der Waals surface area contributed by atoms with Crippen molar-refractivity contribution in [3.05, 3.63) is 35.4 Å². The van der Waals surface area contributed by atoms with E-state index in [1.54, 1.807) is 0 Å². The van der Waals surface area contributed by atoms with E-state index in [1.807, 2.05) is 24.3 Å². The maximum absolute atomic E-state index is 11.0. The van der Waals surface area contributed by atoms with Gasteiger partial charge in [-0.1, -0.05) is 24.3 Å². The summed E-state index contributed by atoms with van der Waals surface area (Å²) in [5, 5.41) is 4.97. The molecule has 0 aliphatic rings. The second-order valence-corrected chi connectivity index (χ2v) is 4.98. The molecule has 0 saturated heterocycles. The minimum atomic E-state index is -3.62. The SMILES string of the molecule is CN(Cc1cccc(CN)c1)S(N)(=O)=O. The minimum Gasteiger partial charge on any atom is -0.326 e. The third-order valence-corrected chi connectivity index (χ3v) is 3.06. The largest absolute Gasteiger partial charge is 0.326 e. The monoisotopic (exact) mass is 229 g/mol. The van der Waals surface area contributed by atoms with Crippen LogP contribution in [0, 0.1) is 0 Å². The van der Waals surface area contributed by atoms with Crippen LogP contribution in [0.15, 0.2) is 24.3 Å². The molecule has 15 heavy (non-hydrogen) atoms. The molecule has 1 rings (SSSR count). The van der Waals surface area contributed by atoms with E-state index in [0.717, 1.165) is 15.4 Å². The van der Waals surface area contributed by atoms with Gasteiger partial charge in [0.05, 0.1) is 0 Å². The van der Waals surface area contributed by atoms with E-state index in [4.69, 9.17) is 10.9 Å². The van der Waals surface area contributed by atoms with Crippen LogP contribution in [0.5, 0.6) is 0 Å². The fourth-order valence-corrected chi connectivity index (χ4v) is 1.53. The molecule has 4 N–H and O–H groups in total. The quantitative estimate of drug-likeness (QED) is 0.748. The van der Waals surface area contributed by atoms with Crippen molar-refractivity contribution in [2.45, 2.75) is 13.1 Å². The third kappa shape index (κ3) is 3.60. The van der Waals surface area contributed by atoms with E-state index >= 15 is 0 Å². The third-order valence-electron chi connectivity index (χ3n) is 2.07. The number of hydrogen-bond donors (Lipinski definition) is 2. The van der Waals surface area contributed by atoms with E-state index in [2.05, 4.69) is 0 Å². The molecule has 0 saturated carbocycles. The normalized spacial score (nSPS) is 12.0. The second kappa shape index (κ2) is 4.71. The summed E-state index contributed by atoms with van der Waals surface area (Å²) in [5.74, 6) is 0. The summed E-state index contributed by atoms with van der Waals surface area (Å²) in [6, 6.07) is 7.43. The van der Waals surface area contributed by atoms with Gasteiger partial charge in [-0.15, -0.1) is 0 Å². The van der Waals surface area contributed by atoms with Crippen LogP contribution in [0.3, 0.4) is 0 Å². The van der Waals surface area contributed by atoms with Crippen LogP contribution in [0.4, 0.5) is 0 Å². The highest BCUT2D eigenvalue weighted by atomic mass is 32.2. The van der Waals surface area contributed by atoms with Crippen molar-refractivity contribution in [2.75, 3.05) is 7.05 Å². The molecule has 0 fully saturated rings. The Morgan fingerprint density at radius 1 is 1.33 bits per heavy atom. The average molecular weight is 229 g/mol. The van der Waals surface area contributed by atoms with Crippen LogP contribution < -0.4 is 10.9 Å². The fraction of sp³-hybridized carbons (Fsp3) is 0.333. The number of hydrogen-bond acceptors (Lipinski definition) is 3. The molecule has 6 heteroatoms. The van der Waals surface area contributed by atoms with Gasteiger partial charge in [-0.05, 0) is 11.1 Å². The van der Waals surface area contributed by atoms with Gasteiger partial charge in [-0.25, -0.2) is 5.14 Å². The van der Waals surface area contributed by atoms with Gasteiger partial charge in [0.15, 0.2) is 0 Å². The fourth-order valence-electron chi connectivity index (χ4n) is 1.20. The Labute approximate surface area is 89.9 Å². The molecule has 0 aliphatic heterocycles. The Hall–Kier alpha value is -0.950. The van der Waals surface area contributed by atoms with E-state index in [9.17, 15) is 8.42 Å². The Morgan fingerprint density at radius 3 is 2.47 bits per heavy atom. The minimum absolute atomic E-state index is 0.257. The van der Waals surface area contributed by atoms with Crippen molar-refractivity contribution in [3.8, 4) is 0 Å². The molecule has 0 aliphatic carbocycles. The summed E-state index contributed by atoms with van der Waals surface area (Å²) in [6.07, 6.45) is 0. The number of nitrogens with zero attached hydrogens (tertiary/aromatic N) is 1. The summed E-state index contributed by atoms with van der Waals surface area (Å²) in [5.41, 5.74) is 7.32. The van der Waals surface area contributed by atoms with Gasteiger partial charge in [0.2, 0.25) is 0 Å². The van der Waals surface area contributed by atoms with Gasteiger partial charge in [0.1, 0.15) is 0 Å². The van der Waals surface area contributed by atoms with Gasteiger partial charge in [0, 0.05) is 20.1 Å². The van der Waals surface area contributed by atoms with Crippen LogP contribution in [-0.2, 0) is 23.3 Å². The predicted molar refractivity (Wildman–Crippen MR) is 58.9 cm³/mol. The zero-order valence-electron chi connectivity index (χ0n) is 8.55. The van der Waals surface area contributed by atoms with Crippen molar-refractivity contribution < 1.29 is 8.42 Å². The second-order valence-electron chi connectivity index (χ2n) is 3.33. The van der Waals surface area contributed by atoms with E-state index < -0.39 is 10.2 Å². The predicted octanol–water partition coefficient (Wildman–Crippen LogP) is -0.219. The van der Waals surface area contributed by atoms with E-state index in [-0.39, 0.29) is 6.54 Å². The molecule has 0 atom stereocenters. The lowest BCUT2D eigenvalue weighted by molar-refractivity contribution is 0.468. The Kier molecular flexibility index (Phi) is 3.81. The zero-order valence-corrected chi connectivity index (χ0v) is 9.37. The van der Waals surface area contributed by atoms with Crippen LogP contribution in [0.25, 0.3) is 0 Å². The molecule has 0 unspecified atom stereocenters. The first-order chi connectivity index (χ1) is 6.93. The lowest BCUT2D eigenvalue weighted by Gasteiger charge is -2.13. The van der Waals surface area contributed by atoms with Crippen molar-refractivity contribution in [1.82, 2.24) is 4.31 Å². The van der Waals surface area contributed by atoms with Gasteiger partial charge >= 0.3 is 0 Å². The molecule has 5 nitrogen and oxygen atoms in total. The van der Waals surface area contributed by atoms with Crippen LogP contribution in [0.2, 0.25) is 0 Å². The first-order valence-corrected chi connectivity index (χ1v) is 5.95. The lowest BCUT2D eigenvalue weighted by Crippen LogP contribution is -2.32. The average Bonchev–Trinajstić information content (AvgIpc) is 2.16. The maximum atomic E-state index is 11.0. The first-order valence-electron chi connectivity index (χ1n) is 4.45. The summed E-state index contributed by atoms with van der Waals surface area (Å²) in [6.45, 7) is 0.694. The number of benzene rings is 1. The summed E-state index contributed by atoms with van der Waals surface area (Å²) in [7, 11) is -2.18. The summed E-state index contributed by atoms with van der Waals surface area (Å²) < 4.78 is 23.0. The highest BCUT2D eigenvalue weighted by molar-refractivity contribution is 7.86. The number of rotatable bonds is 4. The van der Waals surface area contributed by atoms with Crippen molar-refractivity contribution in [1.29, 1.82) is 0 Å². The van der Waals surface area contributed by atoms with Gasteiger partial charge in [0.25, 0.3) is 10.2 Å². The molecule has 0 bridgehead atoms. The molecule has 0 heterocycles. The number of nitrogens with two attached hydrogens (primary N) is 2. The smallest absolute Gasteiger partial charge is 0.276 e. The molecular weight excluding hydrogens is 214 g/mol. The first kappa shape index (κ1) is 12.1. The van der Waals surface area contributed by atoms with Crippen LogP contribution in [0.1, 0.15) is 11.1 Å². The topological polar surface area (TPSA) is 89.4 Å². The van der Waals surface area contributed by atoms with Crippen molar-refractivity contribution in [3.63, 3.8) is 0 Å². The molecule has 0 radical (unpaired) electrons. The maximum Gasteiger partial charge on any atom is 0.276 e. The summed E-state index contributed by atoms with van der Waals surface area (Å²) >= 11 is 0. The molecule has 1 aromatic rings. The standard InChI is InChI=1S/C9H15N3O2S/c1-12(15(11,13)14)7-9-4-2-3-8(5-9)6-10/h2-5H,6-7,10H2,1H3,(H2,11,13,14). The lowest BCUT2D eigenvalue weighted by atomic mass is 10.1. The molecule has 0 aromatic heterocycles. The van der Waals surface area contributed by atoms with Crippen LogP contribution >= 0.6 is 0 Å². The van der Waals surface area contributed by atoms with Gasteiger partial charge < -0.3 is 5.73 Å². The molecule has 0 amide bonds. The Bertz CT molecular complexity index is 431. The van der Waals surface area contributed by atoms with E-state index in [0.29, 0.717) is 6.54 Å². The molecular formula is C9H15N3O2S. The highest BCUT2D eigenvalue weighted by Gasteiger charge is 2.11. The zero-order chi connectivity index (χ0) is 11.5. The van der Waals surface area contributed by atoms with Crippen molar-refractivity contribution in [2.24, 2.45) is 10.9 Å². The molecule has 1 aromatic carbocycles. The Balaban J connectivity index is 2.81. The highest BCUT2D eigenvalue weighted by Crippen LogP contribution is 2.08. The van der Waals surface area contributed by atoms with Crippen molar-refractivity contribution >= 4 is 10.2 Å². The van der Waals surface area contributed by atoms with Gasteiger partial charge in [-0.2, -0.15) is 12.7 Å². The molecule has 84 valence electrons.